The summed E-state index contributed by atoms with van der Waals surface area (Å²) in [5, 5.41) is 3.95. The number of amides is 1. The standard InChI is InChI=1S/C24H28N4O2/c1-17-22(14-19-7-8-21(30-3)15-23(19)25-17)24(29)26-20-6-4-5-18(13-20)16-28-11-9-27(2)10-12-28/h4-8,13-15H,9-12,16H2,1-3H3,(H,26,29). The fraction of sp³-hybridized carbons (Fsp3) is 0.333. The van der Waals surface area contributed by atoms with Gasteiger partial charge in [-0.05, 0) is 49.9 Å². The molecule has 156 valence electrons. The lowest BCUT2D eigenvalue weighted by molar-refractivity contribution is 0.102. The number of benzene rings is 2. The summed E-state index contributed by atoms with van der Waals surface area (Å²) in [6.45, 7) is 7.08. The van der Waals surface area contributed by atoms with E-state index in [-0.39, 0.29) is 5.91 Å². The molecule has 2 heterocycles. The van der Waals surface area contributed by atoms with Crippen LogP contribution in [0.2, 0.25) is 0 Å². The minimum absolute atomic E-state index is 0.144. The Morgan fingerprint density at radius 1 is 1.10 bits per heavy atom. The van der Waals surface area contributed by atoms with Gasteiger partial charge < -0.3 is 15.0 Å². The fourth-order valence-corrected chi connectivity index (χ4v) is 3.81. The van der Waals surface area contributed by atoms with Crippen LogP contribution in [0.15, 0.2) is 48.5 Å². The van der Waals surface area contributed by atoms with Crippen molar-refractivity contribution in [2.45, 2.75) is 13.5 Å². The minimum atomic E-state index is -0.144. The smallest absolute Gasteiger partial charge is 0.257 e. The maximum absolute atomic E-state index is 12.9. The molecule has 4 rings (SSSR count). The number of hydrogen-bond donors (Lipinski definition) is 1. The Balaban J connectivity index is 1.49. The Hall–Kier alpha value is -2.96. The van der Waals surface area contributed by atoms with Crippen molar-refractivity contribution in [1.29, 1.82) is 0 Å². The van der Waals surface area contributed by atoms with Crippen LogP contribution in [-0.2, 0) is 6.54 Å². The highest BCUT2D eigenvalue weighted by atomic mass is 16.5. The number of hydrogen-bond acceptors (Lipinski definition) is 5. The zero-order valence-corrected chi connectivity index (χ0v) is 17.8. The SMILES string of the molecule is COc1ccc2cc(C(=O)Nc3cccc(CN4CCN(C)CC4)c3)c(C)nc2c1. The molecule has 0 atom stereocenters. The van der Waals surface area contributed by atoms with Crippen molar-refractivity contribution in [1.82, 2.24) is 14.8 Å². The number of aromatic nitrogens is 1. The van der Waals surface area contributed by atoms with Gasteiger partial charge in [0.25, 0.3) is 5.91 Å². The number of aryl methyl sites for hydroxylation is 1. The molecule has 1 amide bonds. The lowest BCUT2D eigenvalue weighted by Gasteiger charge is -2.32. The molecule has 1 fully saturated rings. The quantitative estimate of drug-likeness (QED) is 0.705. The molecule has 1 N–H and O–H groups in total. The average Bonchev–Trinajstić information content (AvgIpc) is 2.74. The highest BCUT2D eigenvalue weighted by Gasteiger charge is 2.15. The van der Waals surface area contributed by atoms with Gasteiger partial charge in [-0.3, -0.25) is 14.7 Å². The number of carbonyl (C=O) groups excluding carboxylic acids is 1. The van der Waals surface area contributed by atoms with E-state index in [4.69, 9.17) is 4.74 Å². The number of methoxy groups -OCH3 is 1. The van der Waals surface area contributed by atoms with Crippen LogP contribution >= 0.6 is 0 Å². The lowest BCUT2D eigenvalue weighted by Crippen LogP contribution is -2.43. The molecular formula is C24H28N4O2. The number of anilines is 1. The second-order valence-electron chi connectivity index (χ2n) is 7.91. The first kappa shape index (κ1) is 20.3. The van der Waals surface area contributed by atoms with Gasteiger partial charge in [-0.15, -0.1) is 0 Å². The molecule has 6 nitrogen and oxygen atoms in total. The van der Waals surface area contributed by atoms with E-state index in [1.165, 1.54) is 5.56 Å². The normalized spacial score (nSPS) is 15.3. The Labute approximate surface area is 177 Å². The lowest BCUT2D eigenvalue weighted by atomic mass is 10.1. The van der Waals surface area contributed by atoms with Gasteiger partial charge in [-0.2, -0.15) is 0 Å². The predicted octanol–water partition coefficient (Wildman–Crippen LogP) is 3.55. The van der Waals surface area contributed by atoms with Crippen LogP contribution < -0.4 is 10.1 Å². The summed E-state index contributed by atoms with van der Waals surface area (Å²) >= 11 is 0. The zero-order valence-electron chi connectivity index (χ0n) is 17.8. The van der Waals surface area contributed by atoms with E-state index >= 15 is 0 Å². The van der Waals surface area contributed by atoms with Crippen molar-refractivity contribution in [2.24, 2.45) is 0 Å². The van der Waals surface area contributed by atoms with Crippen LogP contribution in [-0.4, -0.2) is 61.0 Å². The highest BCUT2D eigenvalue weighted by molar-refractivity contribution is 6.06. The third-order valence-electron chi connectivity index (χ3n) is 5.65. The van der Waals surface area contributed by atoms with Gasteiger partial charge in [-0.25, -0.2) is 0 Å². The number of nitrogens with zero attached hydrogens (tertiary/aromatic N) is 3. The van der Waals surface area contributed by atoms with Crippen LogP contribution in [0.25, 0.3) is 10.9 Å². The van der Waals surface area contributed by atoms with Crippen molar-refractivity contribution < 1.29 is 9.53 Å². The Morgan fingerprint density at radius 2 is 1.90 bits per heavy atom. The van der Waals surface area contributed by atoms with E-state index in [1.807, 2.05) is 43.3 Å². The molecule has 0 unspecified atom stereocenters. The van der Waals surface area contributed by atoms with Crippen molar-refractivity contribution in [3.63, 3.8) is 0 Å². The number of ether oxygens (including phenoxy) is 1. The minimum Gasteiger partial charge on any atom is -0.497 e. The number of piperazine rings is 1. The van der Waals surface area contributed by atoms with E-state index in [1.54, 1.807) is 7.11 Å². The first-order valence-electron chi connectivity index (χ1n) is 10.3. The number of nitrogens with one attached hydrogen (secondary N) is 1. The maximum atomic E-state index is 12.9. The molecule has 30 heavy (non-hydrogen) atoms. The number of fused-ring (bicyclic) bond motifs is 1. The molecular weight excluding hydrogens is 376 g/mol. The van der Waals surface area contributed by atoms with Crippen molar-refractivity contribution >= 4 is 22.5 Å². The summed E-state index contributed by atoms with van der Waals surface area (Å²) in [5.74, 6) is 0.609. The molecule has 1 aliphatic rings. The molecule has 0 bridgehead atoms. The molecule has 2 aromatic carbocycles. The van der Waals surface area contributed by atoms with Gasteiger partial charge in [0.15, 0.2) is 0 Å². The summed E-state index contributed by atoms with van der Waals surface area (Å²) in [6, 6.07) is 15.7. The summed E-state index contributed by atoms with van der Waals surface area (Å²) in [5.41, 5.74) is 4.11. The van der Waals surface area contributed by atoms with Crippen LogP contribution in [0.3, 0.4) is 0 Å². The van der Waals surface area contributed by atoms with E-state index in [0.29, 0.717) is 11.3 Å². The molecule has 6 heteroatoms. The van der Waals surface area contributed by atoms with E-state index in [2.05, 4.69) is 39.3 Å². The van der Waals surface area contributed by atoms with Crippen LogP contribution in [0, 0.1) is 6.92 Å². The number of likely N-dealkylation sites (N-methyl/N-ethyl adjacent to an activating group) is 1. The fourth-order valence-electron chi connectivity index (χ4n) is 3.81. The van der Waals surface area contributed by atoms with Gasteiger partial charge in [0, 0.05) is 49.9 Å². The van der Waals surface area contributed by atoms with Gasteiger partial charge in [0.2, 0.25) is 0 Å². The Bertz CT molecular complexity index is 1060. The first-order valence-corrected chi connectivity index (χ1v) is 10.3. The third kappa shape index (κ3) is 4.61. The Morgan fingerprint density at radius 3 is 2.67 bits per heavy atom. The average molecular weight is 405 g/mol. The number of pyridine rings is 1. The van der Waals surface area contributed by atoms with Gasteiger partial charge in [0.05, 0.1) is 23.9 Å². The summed E-state index contributed by atoms with van der Waals surface area (Å²) in [6.07, 6.45) is 0. The first-order chi connectivity index (χ1) is 14.5. The molecule has 0 radical (unpaired) electrons. The van der Waals surface area contributed by atoms with Crippen LogP contribution in [0.1, 0.15) is 21.6 Å². The second kappa shape index (κ2) is 8.81. The molecule has 1 aromatic heterocycles. The summed E-state index contributed by atoms with van der Waals surface area (Å²) in [7, 11) is 3.79. The topological polar surface area (TPSA) is 57.7 Å². The Kier molecular flexibility index (Phi) is 5.97. The van der Waals surface area contributed by atoms with Crippen LogP contribution in [0.5, 0.6) is 5.75 Å². The van der Waals surface area contributed by atoms with E-state index in [9.17, 15) is 4.79 Å². The van der Waals surface area contributed by atoms with Gasteiger partial charge >= 0.3 is 0 Å². The summed E-state index contributed by atoms with van der Waals surface area (Å²) in [4.78, 5) is 22.3. The van der Waals surface area contributed by atoms with Gasteiger partial charge in [-0.1, -0.05) is 12.1 Å². The second-order valence-corrected chi connectivity index (χ2v) is 7.91. The number of carbonyl (C=O) groups is 1. The number of rotatable bonds is 5. The predicted molar refractivity (Wildman–Crippen MR) is 120 cm³/mol. The van der Waals surface area contributed by atoms with Gasteiger partial charge in [0.1, 0.15) is 5.75 Å². The van der Waals surface area contributed by atoms with Crippen molar-refractivity contribution in [3.05, 3.63) is 65.4 Å². The maximum Gasteiger partial charge on any atom is 0.257 e. The van der Waals surface area contributed by atoms with Crippen molar-refractivity contribution in [3.8, 4) is 5.75 Å². The van der Waals surface area contributed by atoms with Crippen molar-refractivity contribution in [2.75, 3.05) is 45.7 Å². The molecule has 3 aromatic rings. The van der Waals surface area contributed by atoms with E-state index in [0.717, 1.165) is 55.1 Å². The van der Waals surface area contributed by atoms with E-state index < -0.39 is 0 Å². The molecule has 1 aliphatic heterocycles. The zero-order chi connectivity index (χ0) is 21.1. The van der Waals surface area contributed by atoms with Crippen LogP contribution in [0.4, 0.5) is 5.69 Å². The third-order valence-corrected chi connectivity index (χ3v) is 5.65. The monoisotopic (exact) mass is 404 g/mol. The summed E-state index contributed by atoms with van der Waals surface area (Å²) < 4.78 is 5.26. The highest BCUT2D eigenvalue weighted by Crippen LogP contribution is 2.23. The molecule has 0 spiro atoms. The largest absolute Gasteiger partial charge is 0.497 e. The molecule has 1 saturated heterocycles. The molecule has 0 aliphatic carbocycles. The molecule has 0 saturated carbocycles.